The van der Waals surface area contributed by atoms with E-state index in [1.54, 1.807) is 60.7 Å². The molecule has 0 atom stereocenters. The highest BCUT2D eigenvalue weighted by Crippen LogP contribution is 2.25. The highest BCUT2D eigenvalue weighted by atomic mass is 32.2. The van der Waals surface area contributed by atoms with Crippen LogP contribution in [0.5, 0.6) is 5.75 Å². The van der Waals surface area contributed by atoms with Crippen LogP contribution in [0.2, 0.25) is 0 Å². The predicted molar refractivity (Wildman–Crippen MR) is 131 cm³/mol. The van der Waals surface area contributed by atoms with Gasteiger partial charge in [0.2, 0.25) is 15.9 Å². The number of carbonyl (C=O) groups excluding carboxylic acids is 2. The molecule has 0 aliphatic carbocycles. The fraction of sp³-hybridized carbons (Fsp3) is 0.200. The Labute approximate surface area is 199 Å². The molecule has 0 heterocycles. The minimum absolute atomic E-state index is 0.0195. The zero-order valence-corrected chi connectivity index (χ0v) is 20.1. The van der Waals surface area contributed by atoms with E-state index in [4.69, 9.17) is 4.74 Å². The van der Waals surface area contributed by atoms with Gasteiger partial charge in [-0.1, -0.05) is 24.3 Å². The summed E-state index contributed by atoms with van der Waals surface area (Å²) < 4.78 is 32.8. The maximum absolute atomic E-state index is 12.9. The van der Waals surface area contributed by atoms with Gasteiger partial charge in [-0.25, -0.2) is 8.42 Å². The minimum Gasteiger partial charge on any atom is -0.494 e. The van der Waals surface area contributed by atoms with E-state index in [2.05, 4.69) is 10.6 Å². The van der Waals surface area contributed by atoms with Crippen LogP contribution in [-0.4, -0.2) is 38.2 Å². The third-order valence-electron chi connectivity index (χ3n) is 4.91. The second kappa shape index (κ2) is 11.0. The Bertz CT molecular complexity index is 1280. The van der Waals surface area contributed by atoms with Crippen molar-refractivity contribution in [2.24, 2.45) is 0 Å². The van der Waals surface area contributed by atoms with Crippen molar-refractivity contribution in [2.45, 2.75) is 25.3 Å². The number of rotatable bonds is 9. The first-order valence-corrected chi connectivity index (χ1v) is 12.1. The van der Waals surface area contributed by atoms with Gasteiger partial charge in [-0.2, -0.15) is 4.31 Å². The van der Waals surface area contributed by atoms with E-state index >= 15 is 0 Å². The van der Waals surface area contributed by atoms with Gasteiger partial charge in [0.05, 0.1) is 11.5 Å². The van der Waals surface area contributed by atoms with Crippen molar-refractivity contribution in [3.63, 3.8) is 0 Å². The van der Waals surface area contributed by atoms with Crippen molar-refractivity contribution in [3.05, 3.63) is 83.9 Å². The molecule has 3 rings (SSSR count). The van der Waals surface area contributed by atoms with Crippen LogP contribution < -0.4 is 15.4 Å². The standard InChI is InChI=1S/C25H27N3O5S/c1-4-33-24-14-13-19(25(30)27-22-10-8-9-21(16-22)26-18(2)29)15-20(24)17-28(3)34(31,32)23-11-6-5-7-12-23/h5-16H,4,17H2,1-3H3,(H,26,29)(H,27,30). The SMILES string of the molecule is CCOc1ccc(C(=O)Nc2cccc(NC(C)=O)c2)cc1CN(C)S(=O)(=O)c1ccccc1. The van der Waals surface area contributed by atoms with Crippen LogP contribution in [0, 0.1) is 0 Å². The molecular formula is C25H27N3O5S. The lowest BCUT2D eigenvalue weighted by Crippen LogP contribution is -2.27. The quantitative estimate of drug-likeness (QED) is 0.478. The molecule has 0 aromatic heterocycles. The molecule has 3 aromatic carbocycles. The van der Waals surface area contributed by atoms with Gasteiger partial charge < -0.3 is 15.4 Å². The van der Waals surface area contributed by atoms with Crippen LogP contribution >= 0.6 is 0 Å². The first-order chi connectivity index (χ1) is 16.2. The maximum atomic E-state index is 12.9. The van der Waals surface area contributed by atoms with Crippen LogP contribution in [0.25, 0.3) is 0 Å². The molecule has 34 heavy (non-hydrogen) atoms. The highest BCUT2D eigenvalue weighted by Gasteiger charge is 2.22. The summed E-state index contributed by atoms with van der Waals surface area (Å²) in [7, 11) is -2.24. The van der Waals surface area contributed by atoms with E-state index in [-0.39, 0.29) is 23.3 Å². The van der Waals surface area contributed by atoms with E-state index in [1.165, 1.54) is 30.4 Å². The lowest BCUT2D eigenvalue weighted by Gasteiger charge is -2.20. The largest absolute Gasteiger partial charge is 0.494 e. The summed E-state index contributed by atoms with van der Waals surface area (Å²) >= 11 is 0. The third-order valence-corrected chi connectivity index (χ3v) is 6.73. The number of ether oxygens (including phenoxy) is 1. The summed E-state index contributed by atoms with van der Waals surface area (Å²) in [4.78, 5) is 24.4. The molecule has 0 aliphatic rings. The lowest BCUT2D eigenvalue weighted by molar-refractivity contribution is -0.114. The highest BCUT2D eigenvalue weighted by molar-refractivity contribution is 7.89. The molecule has 0 saturated carbocycles. The Morgan fingerprint density at radius 3 is 2.24 bits per heavy atom. The normalized spacial score (nSPS) is 11.2. The van der Waals surface area contributed by atoms with E-state index in [9.17, 15) is 18.0 Å². The first kappa shape index (κ1) is 24.9. The molecule has 2 N–H and O–H groups in total. The van der Waals surface area contributed by atoms with Crippen molar-refractivity contribution >= 4 is 33.2 Å². The van der Waals surface area contributed by atoms with Crippen molar-refractivity contribution in [2.75, 3.05) is 24.3 Å². The average Bonchev–Trinajstić information content (AvgIpc) is 2.80. The first-order valence-electron chi connectivity index (χ1n) is 10.7. The van der Waals surface area contributed by atoms with Crippen LogP contribution in [0.1, 0.15) is 29.8 Å². The van der Waals surface area contributed by atoms with Crippen LogP contribution in [0.15, 0.2) is 77.7 Å². The Morgan fingerprint density at radius 1 is 0.912 bits per heavy atom. The molecule has 8 nitrogen and oxygen atoms in total. The molecule has 0 aliphatic heterocycles. The predicted octanol–water partition coefficient (Wildman–Crippen LogP) is 4.12. The Morgan fingerprint density at radius 2 is 1.59 bits per heavy atom. The van der Waals surface area contributed by atoms with Crippen LogP contribution in [0.4, 0.5) is 11.4 Å². The Balaban J connectivity index is 1.84. The molecule has 0 bridgehead atoms. The summed E-state index contributed by atoms with van der Waals surface area (Å²) in [6, 6.07) is 19.8. The molecule has 0 spiro atoms. The number of carbonyl (C=O) groups is 2. The lowest BCUT2D eigenvalue weighted by atomic mass is 10.1. The van der Waals surface area contributed by atoms with Crippen LogP contribution in [0.3, 0.4) is 0 Å². The Kier molecular flexibility index (Phi) is 8.04. The number of hydrogen-bond acceptors (Lipinski definition) is 5. The molecule has 0 saturated heterocycles. The molecule has 3 aromatic rings. The molecule has 9 heteroatoms. The van der Waals surface area contributed by atoms with E-state index in [0.29, 0.717) is 34.9 Å². The van der Waals surface area contributed by atoms with Gasteiger partial charge in [0.1, 0.15) is 5.75 Å². The number of hydrogen-bond donors (Lipinski definition) is 2. The summed E-state index contributed by atoms with van der Waals surface area (Å²) in [6.45, 7) is 3.65. The van der Waals surface area contributed by atoms with Crippen molar-refractivity contribution < 1.29 is 22.7 Å². The Hall–Kier alpha value is -3.69. The van der Waals surface area contributed by atoms with Gasteiger partial charge in [0.25, 0.3) is 5.91 Å². The van der Waals surface area contributed by atoms with Crippen molar-refractivity contribution in [3.8, 4) is 5.75 Å². The fourth-order valence-electron chi connectivity index (χ4n) is 3.32. The van der Waals surface area contributed by atoms with Gasteiger partial charge >= 0.3 is 0 Å². The topological polar surface area (TPSA) is 105 Å². The second-order valence-electron chi connectivity index (χ2n) is 7.55. The third kappa shape index (κ3) is 6.21. The zero-order valence-electron chi connectivity index (χ0n) is 19.2. The average molecular weight is 482 g/mol. The number of amides is 2. The molecular weight excluding hydrogens is 454 g/mol. The van der Waals surface area contributed by atoms with Gasteiger partial charge in [0, 0.05) is 43.0 Å². The zero-order chi connectivity index (χ0) is 24.7. The van der Waals surface area contributed by atoms with Gasteiger partial charge in [-0.15, -0.1) is 0 Å². The van der Waals surface area contributed by atoms with Gasteiger partial charge in [-0.05, 0) is 55.5 Å². The summed E-state index contributed by atoms with van der Waals surface area (Å²) in [5.74, 6) is -0.0890. The molecule has 0 unspecified atom stereocenters. The van der Waals surface area contributed by atoms with E-state index in [0.717, 1.165) is 0 Å². The minimum atomic E-state index is -3.72. The van der Waals surface area contributed by atoms with Gasteiger partial charge in [-0.3, -0.25) is 9.59 Å². The van der Waals surface area contributed by atoms with Crippen molar-refractivity contribution in [1.82, 2.24) is 4.31 Å². The summed E-state index contributed by atoms with van der Waals surface area (Å²) in [5, 5.41) is 5.47. The van der Waals surface area contributed by atoms with E-state index in [1.807, 2.05) is 6.92 Å². The number of benzene rings is 3. The molecule has 0 fully saturated rings. The molecule has 0 radical (unpaired) electrons. The van der Waals surface area contributed by atoms with Crippen LogP contribution in [-0.2, 0) is 21.4 Å². The fourth-order valence-corrected chi connectivity index (χ4v) is 4.49. The number of nitrogens with zero attached hydrogens (tertiary/aromatic N) is 1. The van der Waals surface area contributed by atoms with Crippen molar-refractivity contribution in [1.29, 1.82) is 0 Å². The monoisotopic (exact) mass is 481 g/mol. The molecule has 2 amide bonds. The number of sulfonamides is 1. The number of anilines is 2. The smallest absolute Gasteiger partial charge is 0.255 e. The summed E-state index contributed by atoms with van der Waals surface area (Å²) in [6.07, 6.45) is 0. The van der Waals surface area contributed by atoms with Gasteiger partial charge in [0.15, 0.2) is 0 Å². The molecule has 178 valence electrons. The maximum Gasteiger partial charge on any atom is 0.255 e. The summed E-state index contributed by atoms with van der Waals surface area (Å²) in [5.41, 5.74) is 1.97. The van der Waals surface area contributed by atoms with E-state index < -0.39 is 10.0 Å². The second-order valence-corrected chi connectivity index (χ2v) is 9.59. The number of nitrogens with one attached hydrogen (secondary N) is 2.